The average Bonchev–Trinajstić information content (AvgIpc) is 2.40. The summed E-state index contributed by atoms with van der Waals surface area (Å²) < 4.78 is 5.37. The van der Waals surface area contributed by atoms with E-state index >= 15 is 0 Å². The SMILES string of the molecule is CC(Nc1ccc(C(N)=S)cn1)C1CCOCC1. The van der Waals surface area contributed by atoms with Gasteiger partial charge < -0.3 is 15.8 Å². The van der Waals surface area contributed by atoms with Gasteiger partial charge in [-0.1, -0.05) is 12.2 Å². The Morgan fingerprint density at radius 3 is 2.78 bits per heavy atom. The maximum Gasteiger partial charge on any atom is 0.126 e. The van der Waals surface area contributed by atoms with Gasteiger partial charge in [-0.05, 0) is 37.8 Å². The molecule has 0 spiro atoms. The molecule has 98 valence electrons. The molecule has 0 saturated carbocycles. The standard InChI is InChI=1S/C13H19N3OS/c1-9(10-4-6-17-7-5-10)16-12-3-2-11(8-15-12)13(14)18/h2-3,8-10H,4-7H2,1H3,(H2,14,18)(H,15,16). The molecule has 1 atom stereocenters. The molecule has 1 aliphatic heterocycles. The van der Waals surface area contributed by atoms with Crippen LogP contribution in [-0.4, -0.2) is 29.2 Å². The highest BCUT2D eigenvalue weighted by atomic mass is 32.1. The normalized spacial score (nSPS) is 18.3. The summed E-state index contributed by atoms with van der Waals surface area (Å²) >= 11 is 4.90. The maximum absolute atomic E-state index is 5.54. The Morgan fingerprint density at radius 1 is 1.50 bits per heavy atom. The van der Waals surface area contributed by atoms with E-state index in [2.05, 4.69) is 17.2 Å². The van der Waals surface area contributed by atoms with Crippen LogP contribution in [0.2, 0.25) is 0 Å². The van der Waals surface area contributed by atoms with Crippen LogP contribution in [-0.2, 0) is 4.74 Å². The van der Waals surface area contributed by atoms with Crippen molar-refractivity contribution in [3.05, 3.63) is 23.9 Å². The Balaban J connectivity index is 1.93. The van der Waals surface area contributed by atoms with E-state index in [1.807, 2.05) is 12.1 Å². The first kappa shape index (κ1) is 13.2. The van der Waals surface area contributed by atoms with Crippen molar-refractivity contribution in [2.24, 2.45) is 11.7 Å². The molecule has 1 aromatic rings. The van der Waals surface area contributed by atoms with Crippen LogP contribution in [0.1, 0.15) is 25.3 Å². The zero-order valence-corrected chi connectivity index (χ0v) is 11.4. The molecule has 1 saturated heterocycles. The first-order chi connectivity index (χ1) is 8.66. The number of rotatable bonds is 4. The average molecular weight is 265 g/mol. The fraction of sp³-hybridized carbons (Fsp3) is 0.538. The van der Waals surface area contributed by atoms with E-state index in [9.17, 15) is 0 Å². The molecule has 1 aromatic heterocycles. The van der Waals surface area contributed by atoms with Crippen LogP contribution in [0.3, 0.4) is 0 Å². The van der Waals surface area contributed by atoms with Gasteiger partial charge in [-0.2, -0.15) is 0 Å². The van der Waals surface area contributed by atoms with Crippen LogP contribution >= 0.6 is 12.2 Å². The summed E-state index contributed by atoms with van der Waals surface area (Å²) in [6, 6.07) is 4.22. The third kappa shape index (κ3) is 3.40. The topological polar surface area (TPSA) is 60.2 Å². The molecule has 0 bridgehead atoms. The summed E-state index contributed by atoms with van der Waals surface area (Å²) in [4.78, 5) is 4.71. The van der Waals surface area contributed by atoms with Crippen molar-refractivity contribution in [3.63, 3.8) is 0 Å². The highest BCUT2D eigenvalue weighted by Crippen LogP contribution is 2.21. The monoisotopic (exact) mass is 265 g/mol. The number of nitrogens with two attached hydrogens (primary N) is 1. The molecule has 18 heavy (non-hydrogen) atoms. The van der Waals surface area contributed by atoms with Gasteiger partial charge in [0.1, 0.15) is 10.8 Å². The molecule has 1 fully saturated rings. The van der Waals surface area contributed by atoms with Gasteiger partial charge in [0.05, 0.1) is 0 Å². The Kier molecular flexibility index (Phi) is 4.49. The number of aromatic nitrogens is 1. The molecule has 0 aliphatic carbocycles. The predicted octanol–water partition coefficient (Wildman–Crippen LogP) is 1.94. The summed E-state index contributed by atoms with van der Waals surface area (Å²) in [5.74, 6) is 1.52. The third-order valence-corrected chi connectivity index (χ3v) is 3.63. The lowest BCUT2D eigenvalue weighted by atomic mass is 9.93. The van der Waals surface area contributed by atoms with Crippen molar-refractivity contribution in [1.82, 2.24) is 4.98 Å². The fourth-order valence-electron chi connectivity index (χ4n) is 2.19. The third-order valence-electron chi connectivity index (χ3n) is 3.40. The fourth-order valence-corrected chi connectivity index (χ4v) is 2.31. The predicted molar refractivity (Wildman–Crippen MR) is 76.8 cm³/mol. The smallest absolute Gasteiger partial charge is 0.126 e. The first-order valence-electron chi connectivity index (χ1n) is 6.27. The molecule has 0 radical (unpaired) electrons. The van der Waals surface area contributed by atoms with E-state index in [0.717, 1.165) is 37.4 Å². The van der Waals surface area contributed by atoms with Crippen molar-refractivity contribution in [3.8, 4) is 0 Å². The maximum atomic E-state index is 5.54. The van der Waals surface area contributed by atoms with E-state index < -0.39 is 0 Å². The Morgan fingerprint density at radius 2 is 2.22 bits per heavy atom. The van der Waals surface area contributed by atoms with Crippen molar-refractivity contribution < 1.29 is 4.74 Å². The van der Waals surface area contributed by atoms with Crippen molar-refractivity contribution in [2.45, 2.75) is 25.8 Å². The second kappa shape index (κ2) is 6.11. The molecule has 4 nitrogen and oxygen atoms in total. The van der Waals surface area contributed by atoms with Crippen LogP contribution in [0.25, 0.3) is 0 Å². The van der Waals surface area contributed by atoms with Crippen LogP contribution < -0.4 is 11.1 Å². The first-order valence-corrected chi connectivity index (χ1v) is 6.68. The lowest BCUT2D eigenvalue weighted by molar-refractivity contribution is 0.0622. The summed E-state index contributed by atoms with van der Waals surface area (Å²) in [5, 5.41) is 3.43. The second-order valence-corrected chi connectivity index (χ2v) is 5.12. The summed E-state index contributed by atoms with van der Waals surface area (Å²) in [6.07, 6.45) is 3.93. The Bertz CT molecular complexity index is 401. The Hall–Kier alpha value is -1.20. The van der Waals surface area contributed by atoms with Crippen molar-refractivity contribution >= 4 is 23.0 Å². The minimum Gasteiger partial charge on any atom is -0.389 e. The molecule has 5 heteroatoms. The van der Waals surface area contributed by atoms with Crippen LogP contribution in [0.15, 0.2) is 18.3 Å². The highest BCUT2D eigenvalue weighted by molar-refractivity contribution is 7.80. The zero-order chi connectivity index (χ0) is 13.0. The lowest BCUT2D eigenvalue weighted by Gasteiger charge is -2.28. The van der Waals surface area contributed by atoms with Crippen LogP contribution in [0.5, 0.6) is 0 Å². The molecular weight excluding hydrogens is 246 g/mol. The largest absolute Gasteiger partial charge is 0.389 e. The minimum atomic E-state index is 0.381. The minimum absolute atomic E-state index is 0.381. The van der Waals surface area contributed by atoms with Gasteiger partial charge in [-0.15, -0.1) is 0 Å². The molecule has 1 aliphatic rings. The second-order valence-electron chi connectivity index (χ2n) is 4.68. The molecular formula is C13H19N3OS. The van der Waals surface area contributed by atoms with Gasteiger partial charge in [-0.3, -0.25) is 0 Å². The summed E-state index contributed by atoms with van der Waals surface area (Å²) in [7, 11) is 0. The molecule has 3 N–H and O–H groups in total. The number of pyridine rings is 1. The van der Waals surface area contributed by atoms with E-state index in [1.54, 1.807) is 6.20 Å². The molecule has 2 rings (SSSR count). The van der Waals surface area contributed by atoms with Crippen LogP contribution in [0.4, 0.5) is 5.82 Å². The Labute approximate surface area is 113 Å². The van der Waals surface area contributed by atoms with E-state index in [4.69, 9.17) is 22.7 Å². The molecule has 0 amide bonds. The van der Waals surface area contributed by atoms with Gasteiger partial charge >= 0.3 is 0 Å². The summed E-state index contributed by atoms with van der Waals surface area (Å²) in [6.45, 7) is 3.92. The molecule has 0 aromatic carbocycles. The van der Waals surface area contributed by atoms with E-state index in [1.165, 1.54) is 0 Å². The number of anilines is 1. The zero-order valence-electron chi connectivity index (χ0n) is 10.6. The summed E-state index contributed by atoms with van der Waals surface area (Å²) in [5.41, 5.74) is 6.34. The van der Waals surface area contributed by atoms with E-state index in [-0.39, 0.29) is 0 Å². The van der Waals surface area contributed by atoms with Gasteiger partial charge in [0.15, 0.2) is 0 Å². The number of hydrogen-bond acceptors (Lipinski definition) is 4. The number of hydrogen-bond donors (Lipinski definition) is 2. The van der Waals surface area contributed by atoms with E-state index in [0.29, 0.717) is 16.9 Å². The lowest BCUT2D eigenvalue weighted by Crippen LogP contribution is -2.31. The number of nitrogens with zero attached hydrogens (tertiary/aromatic N) is 1. The number of ether oxygens (including phenoxy) is 1. The van der Waals surface area contributed by atoms with Crippen molar-refractivity contribution in [1.29, 1.82) is 0 Å². The van der Waals surface area contributed by atoms with Gasteiger partial charge in [0, 0.05) is 31.0 Å². The number of thiocarbonyl (C=S) groups is 1. The van der Waals surface area contributed by atoms with Gasteiger partial charge in [-0.25, -0.2) is 4.98 Å². The van der Waals surface area contributed by atoms with Gasteiger partial charge in [0.2, 0.25) is 0 Å². The highest BCUT2D eigenvalue weighted by Gasteiger charge is 2.20. The van der Waals surface area contributed by atoms with Gasteiger partial charge in [0.25, 0.3) is 0 Å². The van der Waals surface area contributed by atoms with Crippen LogP contribution in [0, 0.1) is 5.92 Å². The molecule has 2 heterocycles. The quantitative estimate of drug-likeness (QED) is 0.815. The van der Waals surface area contributed by atoms with Crippen molar-refractivity contribution in [2.75, 3.05) is 18.5 Å². The number of nitrogens with one attached hydrogen (secondary N) is 1. The molecule has 1 unspecified atom stereocenters.